The van der Waals surface area contributed by atoms with Gasteiger partial charge in [-0.1, -0.05) is 0 Å². The van der Waals surface area contributed by atoms with Gasteiger partial charge >= 0.3 is 0 Å². The Hall–Kier alpha value is -1.26. The fourth-order valence-corrected chi connectivity index (χ4v) is 2.49. The highest BCUT2D eigenvalue weighted by atomic mass is 16.6. The number of hydrogen-bond donors (Lipinski definition) is 1. The molecular formula is C13H17NO3. The lowest BCUT2D eigenvalue weighted by Crippen LogP contribution is -2.52. The highest BCUT2D eigenvalue weighted by Crippen LogP contribution is 2.40. The summed E-state index contributed by atoms with van der Waals surface area (Å²) in [6.07, 6.45) is 0. The summed E-state index contributed by atoms with van der Waals surface area (Å²) in [5.41, 5.74) is 8.30. The van der Waals surface area contributed by atoms with E-state index in [0.29, 0.717) is 33.0 Å². The van der Waals surface area contributed by atoms with Crippen molar-refractivity contribution in [2.45, 2.75) is 12.3 Å². The second-order valence-corrected chi connectivity index (χ2v) is 4.79. The maximum Gasteiger partial charge on any atom is 0.161 e. The van der Waals surface area contributed by atoms with Gasteiger partial charge in [0.15, 0.2) is 11.5 Å². The van der Waals surface area contributed by atoms with E-state index < -0.39 is 0 Å². The molecule has 0 amide bonds. The monoisotopic (exact) mass is 235 g/mol. The average Bonchev–Trinajstić information content (AvgIpc) is 2.29. The summed E-state index contributed by atoms with van der Waals surface area (Å²) in [6, 6.07) is 4.11. The molecule has 0 radical (unpaired) electrons. The molecule has 17 heavy (non-hydrogen) atoms. The smallest absolute Gasteiger partial charge is 0.161 e. The molecule has 0 spiro atoms. The van der Waals surface area contributed by atoms with Gasteiger partial charge in [0, 0.05) is 6.54 Å². The summed E-state index contributed by atoms with van der Waals surface area (Å²) in [7, 11) is 0. The maximum absolute atomic E-state index is 5.89. The summed E-state index contributed by atoms with van der Waals surface area (Å²) < 4.78 is 16.5. The molecule has 2 heterocycles. The van der Waals surface area contributed by atoms with Gasteiger partial charge in [-0.3, -0.25) is 0 Å². The van der Waals surface area contributed by atoms with Crippen LogP contribution in [0.25, 0.3) is 0 Å². The second-order valence-electron chi connectivity index (χ2n) is 4.79. The molecule has 1 aromatic rings. The highest BCUT2D eigenvalue weighted by Gasteiger charge is 2.40. The predicted octanol–water partition coefficient (Wildman–Crippen LogP) is 0.993. The molecule has 1 fully saturated rings. The van der Waals surface area contributed by atoms with Crippen LogP contribution in [-0.4, -0.2) is 33.0 Å². The van der Waals surface area contributed by atoms with Crippen LogP contribution in [0, 0.1) is 6.92 Å². The molecule has 3 rings (SSSR count). The van der Waals surface area contributed by atoms with E-state index in [1.54, 1.807) is 0 Å². The molecule has 0 atom stereocenters. The van der Waals surface area contributed by atoms with E-state index in [4.69, 9.17) is 19.9 Å². The normalized spacial score (nSPS) is 20.8. The zero-order chi connectivity index (χ0) is 11.9. The standard InChI is InChI=1S/C13H17NO3/c1-9-4-11-12(17-3-2-16-11)5-10(9)13(6-14)7-15-8-13/h4-5H,2-3,6-8,14H2,1H3. The van der Waals surface area contributed by atoms with Gasteiger partial charge in [-0.25, -0.2) is 0 Å². The SMILES string of the molecule is Cc1cc2c(cc1C1(CN)COC1)OCCO2. The van der Waals surface area contributed by atoms with Crippen LogP contribution in [0.1, 0.15) is 11.1 Å². The minimum atomic E-state index is -0.0279. The van der Waals surface area contributed by atoms with Crippen LogP contribution in [-0.2, 0) is 10.2 Å². The third kappa shape index (κ3) is 1.59. The number of fused-ring (bicyclic) bond motifs is 1. The lowest BCUT2D eigenvalue weighted by Gasteiger charge is -2.42. The molecular weight excluding hydrogens is 218 g/mol. The molecule has 0 saturated carbocycles. The molecule has 2 aliphatic heterocycles. The van der Waals surface area contributed by atoms with E-state index in [1.807, 2.05) is 6.07 Å². The molecule has 1 saturated heterocycles. The van der Waals surface area contributed by atoms with Crippen LogP contribution in [0.4, 0.5) is 0 Å². The molecule has 0 aliphatic carbocycles. The Labute approximate surface area is 101 Å². The molecule has 2 aliphatic rings. The van der Waals surface area contributed by atoms with Crippen molar-refractivity contribution >= 4 is 0 Å². The number of rotatable bonds is 2. The van der Waals surface area contributed by atoms with Crippen LogP contribution >= 0.6 is 0 Å². The first-order chi connectivity index (χ1) is 8.25. The van der Waals surface area contributed by atoms with Crippen LogP contribution in [0.2, 0.25) is 0 Å². The van der Waals surface area contributed by atoms with Crippen LogP contribution in [0.15, 0.2) is 12.1 Å². The van der Waals surface area contributed by atoms with Gasteiger partial charge in [0.05, 0.1) is 18.6 Å². The Morgan fingerprint density at radius 3 is 2.35 bits per heavy atom. The van der Waals surface area contributed by atoms with E-state index >= 15 is 0 Å². The first kappa shape index (κ1) is 10.9. The average molecular weight is 235 g/mol. The van der Waals surface area contributed by atoms with Crippen molar-refractivity contribution in [3.63, 3.8) is 0 Å². The van der Waals surface area contributed by atoms with Crippen LogP contribution in [0.5, 0.6) is 11.5 Å². The van der Waals surface area contributed by atoms with E-state index in [9.17, 15) is 0 Å². The Balaban J connectivity index is 2.05. The Morgan fingerprint density at radius 1 is 1.18 bits per heavy atom. The van der Waals surface area contributed by atoms with E-state index in [0.717, 1.165) is 11.5 Å². The van der Waals surface area contributed by atoms with E-state index in [2.05, 4.69) is 13.0 Å². The van der Waals surface area contributed by atoms with Crippen molar-refractivity contribution < 1.29 is 14.2 Å². The zero-order valence-corrected chi connectivity index (χ0v) is 9.99. The number of benzene rings is 1. The summed E-state index contributed by atoms with van der Waals surface area (Å²) in [4.78, 5) is 0. The van der Waals surface area contributed by atoms with Gasteiger partial charge < -0.3 is 19.9 Å². The predicted molar refractivity (Wildman–Crippen MR) is 63.7 cm³/mol. The third-order valence-corrected chi connectivity index (χ3v) is 3.61. The third-order valence-electron chi connectivity index (χ3n) is 3.61. The van der Waals surface area contributed by atoms with Gasteiger partial charge in [0.1, 0.15) is 13.2 Å². The fourth-order valence-electron chi connectivity index (χ4n) is 2.49. The fraction of sp³-hybridized carbons (Fsp3) is 0.538. The van der Waals surface area contributed by atoms with E-state index in [1.165, 1.54) is 11.1 Å². The van der Waals surface area contributed by atoms with Crippen molar-refractivity contribution in [2.75, 3.05) is 33.0 Å². The number of nitrogens with two attached hydrogens (primary N) is 1. The van der Waals surface area contributed by atoms with Gasteiger partial charge in [0.25, 0.3) is 0 Å². The molecule has 1 aromatic carbocycles. The summed E-state index contributed by atoms with van der Waals surface area (Å²) in [5, 5.41) is 0. The van der Waals surface area contributed by atoms with Crippen molar-refractivity contribution in [3.05, 3.63) is 23.3 Å². The van der Waals surface area contributed by atoms with Crippen LogP contribution in [0.3, 0.4) is 0 Å². The largest absolute Gasteiger partial charge is 0.486 e. The van der Waals surface area contributed by atoms with Crippen molar-refractivity contribution in [1.82, 2.24) is 0 Å². The quantitative estimate of drug-likeness (QED) is 0.830. The number of ether oxygens (including phenoxy) is 3. The topological polar surface area (TPSA) is 53.7 Å². The molecule has 0 aromatic heterocycles. The summed E-state index contributed by atoms with van der Waals surface area (Å²) in [6.45, 7) is 5.32. The lowest BCUT2D eigenvalue weighted by molar-refractivity contribution is -0.0554. The molecule has 2 N–H and O–H groups in total. The molecule has 4 heteroatoms. The Kier molecular flexibility index (Phi) is 2.49. The number of hydrogen-bond acceptors (Lipinski definition) is 4. The first-order valence-electron chi connectivity index (χ1n) is 5.94. The van der Waals surface area contributed by atoms with Gasteiger partial charge in [-0.05, 0) is 30.2 Å². The summed E-state index contributed by atoms with van der Waals surface area (Å²) >= 11 is 0. The molecule has 0 bridgehead atoms. The van der Waals surface area contributed by atoms with Crippen molar-refractivity contribution in [2.24, 2.45) is 5.73 Å². The molecule has 0 unspecified atom stereocenters. The molecule has 92 valence electrons. The van der Waals surface area contributed by atoms with Gasteiger partial charge in [0.2, 0.25) is 0 Å². The molecule has 4 nitrogen and oxygen atoms in total. The van der Waals surface area contributed by atoms with Crippen molar-refractivity contribution in [1.29, 1.82) is 0 Å². The summed E-state index contributed by atoms with van der Waals surface area (Å²) in [5.74, 6) is 1.67. The first-order valence-corrected chi connectivity index (χ1v) is 5.94. The lowest BCUT2D eigenvalue weighted by atomic mass is 9.76. The van der Waals surface area contributed by atoms with E-state index in [-0.39, 0.29) is 5.41 Å². The van der Waals surface area contributed by atoms with Gasteiger partial charge in [-0.15, -0.1) is 0 Å². The minimum Gasteiger partial charge on any atom is -0.486 e. The van der Waals surface area contributed by atoms with Crippen LogP contribution < -0.4 is 15.2 Å². The second kappa shape index (κ2) is 3.89. The van der Waals surface area contributed by atoms with Gasteiger partial charge in [-0.2, -0.15) is 0 Å². The maximum atomic E-state index is 5.89. The Morgan fingerprint density at radius 2 is 1.82 bits per heavy atom. The van der Waals surface area contributed by atoms with Crippen molar-refractivity contribution in [3.8, 4) is 11.5 Å². The Bertz CT molecular complexity index is 435. The zero-order valence-electron chi connectivity index (χ0n) is 9.99. The number of aryl methyl sites for hydroxylation is 1. The highest BCUT2D eigenvalue weighted by molar-refractivity contribution is 5.51. The minimum absolute atomic E-state index is 0.0279.